The highest BCUT2D eigenvalue weighted by Gasteiger charge is 2.25. The summed E-state index contributed by atoms with van der Waals surface area (Å²) in [6, 6.07) is 0.219. The van der Waals surface area contributed by atoms with Gasteiger partial charge < -0.3 is 20.5 Å². The molecule has 0 bridgehead atoms. The van der Waals surface area contributed by atoms with Gasteiger partial charge in [-0.15, -0.1) is 0 Å². The molecule has 0 spiro atoms. The van der Waals surface area contributed by atoms with Gasteiger partial charge in [0, 0.05) is 25.0 Å². The van der Waals surface area contributed by atoms with Gasteiger partial charge in [-0.1, -0.05) is 13.3 Å². The quantitative estimate of drug-likeness (QED) is 0.701. The van der Waals surface area contributed by atoms with Crippen molar-refractivity contribution in [1.82, 2.24) is 4.90 Å². The summed E-state index contributed by atoms with van der Waals surface area (Å²) < 4.78 is 5.51. The molecular formula is C15H30N2O3. The van der Waals surface area contributed by atoms with Crippen molar-refractivity contribution in [3.63, 3.8) is 0 Å². The predicted octanol–water partition coefficient (Wildman–Crippen LogP) is 1.14. The van der Waals surface area contributed by atoms with Gasteiger partial charge in [-0.05, 0) is 32.6 Å². The Morgan fingerprint density at radius 2 is 2.00 bits per heavy atom. The standard InChI is InChI=1S/C15H30N2O3/c1-12(4-3-5-13(2)16)15(19)17-8-6-14(7-9-17)20-11-10-18/h12-14,18H,3-11,16H2,1-2H3. The lowest BCUT2D eigenvalue weighted by atomic mass is 9.99. The normalized spacial score (nSPS) is 19.9. The third-order valence-electron chi connectivity index (χ3n) is 3.92. The van der Waals surface area contributed by atoms with Crippen molar-refractivity contribution in [2.24, 2.45) is 11.7 Å². The first kappa shape index (κ1) is 17.4. The van der Waals surface area contributed by atoms with Crippen molar-refractivity contribution < 1.29 is 14.6 Å². The van der Waals surface area contributed by atoms with Crippen LogP contribution in [-0.4, -0.2) is 54.4 Å². The minimum Gasteiger partial charge on any atom is -0.394 e. The molecule has 3 N–H and O–H groups in total. The topological polar surface area (TPSA) is 75.8 Å². The SMILES string of the molecule is CC(N)CCCC(C)C(=O)N1CCC(OCCO)CC1. The molecule has 2 unspecified atom stereocenters. The Morgan fingerprint density at radius 1 is 1.35 bits per heavy atom. The van der Waals surface area contributed by atoms with E-state index in [0.29, 0.717) is 6.61 Å². The second-order valence-corrected chi connectivity index (χ2v) is 5.93. The van der Waals surface area contributed by atoms with E-state index in [4.69, 9.17) is 15.6 Å². The molecule has 0 radical (unpaired) electrons. The van der Waals surface area contributed by atoms with Gasteiger partial charge in [-0.2, -0.15) is 0 Å². The maximum Gasteiger partial charge on any atom is 0.225 e. The first-order chi connectivity index (χ1) is 9.54. The number of likely N-dealkylation sites (tertiary alicyclic amines) is 1. The average Bonchev–Trinajstić information content (AvgIpc) is 2.44. The number of piperidine rings is 1. The largest absolute Gasteiger partial charge is 0.394 e. The summed E-state index contributed by atoms with van der Waals surface area (Å²) in [5, 5.41) is 8.73. The number of carbonyl (C=O) groups is 1. The van der Waals surface area contributed by atoms with Crippen LogP contribution in [0.25, 0.3) is 0 Å². The Hall–Kier alpha value is -0.650. The van der Waals surface area contributed by atoms with Crippen molar-refractivity contribution in [3.8, 4) is 0 Å². The van der Waals surface area contributed by atoms with Gasteiger partial charge in [0.2, 0.25) is 5.91 Å². The molecule has 2 atom stereocenters. The fraction of sp³-hybridized carbons (Fsp3) is 0.933. The molecular weight excluding hydrogens is 256 g/mol. The molecule has 1 saturated heterocycles. The highest BCUT2D eigenvalue weighted by molar-refractivity contribution is 5.78. The fourth-order valence-corrected chi connectivity index (χ4v) is 2.64. The molecule has 1 aliphatic rings. The number of aliphatic hydroxyl groups excluding tert-OH is 1. The molecule has 0 aliphatic carbocycles. The van der Waals surface area contributed by atoms with Gasteiger partial charge in [0.15, 0.2) is 0 Å². The smallest absolute Gasteiger partial charge is 0.225 e. The van der Waals surface area contributed by atoms with Gasteiger partial charge in [0.1, 0.15) is 0 Å². The van der Waals surface area contributed by atoms with E-state index in [1.165, 1.54) is 0 Å². The maximum atomic E-state index is 12.3. The molecule has 0 saturated carbocycles. The van der Waals surface area contributed by atoms with Crippen molar-refractivity contribution in [3.05, 3.63) is 0 Å². The zero-order valence-electron chi connectivity index (χ0n) is 12.9. The van der Waals surface area contributed by atoms with Crippen LogP contribution >= 0.6 is 0 Å². The summed E-state index contributed by atoms with van der Waals surface area (Å²) in [5.74, 6) is 0.346. The Balaban J connectivity index is 2.24. The number of ether oxygens (including phenoxy) is 1. The molecule has 0 aromatic carbocycles. The van der Waals surface area contributed by atoms with E-state index in [-0.39, 0.29) is 30.6 Å². The molecule has 1 aliphatic heterocycles. The number of amides is 1. The lowest BCUT2D eigenvalue weighted by Crippen LogP contribution is -2.43. The van der Waals surface area contributed by atoms with E-state index in [9.17, 15) is 4.79 Å². The maximum absolute atomic E-state index is 12.3. The van der Waals surface area contributed by atoms with Crippen LogP contribution in [0.15, 0.2) is 0 Å². The van der Waals surface area contributed by atoms with Crippen molar-refractivity contribution >= 4 is 5.91 Å². The Labute approximate surface area is 122 Å². The van der Waals surface area contributed by atoms with E-state index in [1.54, 1.807) is 0 Å². The molecule has 5 heteroatoms. The van der Waals surface area contributed by atoms with E-state index >= 15 is 0 Å². The van der Waals surface area contributed by atoms with Crippen molar-refractivity contribution in [2.45, 2.75) is 58.1 Å². The van der Waals surface area contributed by atoms with Crippen molar-refractivity contribution in [2.75, 3.05) is 26.3 Å². The van der Waals surface area contributed by atoms with Crippen LogP contribution in [0, 0.1) is 5.92 Å². The molecule has 0 aromatic heterocycles. The monoisotopic (exact) mass is 286 g/mol. The number of hydrogen-bond acceptors (Lipinski definition) is 4. The van der Waals surface area contributed by atoms with Crippen LogP contribution in [0.5, 0.6) is 0 Å². The second kappa shape index (κ2) is 9.32. The number of carbonyl (C=O) groups excluding carboxylic acids is 1. The molecule has 0 aromatic rings. The average molecular weight is 286 g/mol. The second-order valence-electron chi connectivity index (χ2n) is 5.93. The summed E-state index contributed by atoms with van der Waals surface area (Å²) in [5.41, 5.74) is 5.73. The Morgan fingerprint density at radius 3 is 2.55 bits per heavy atom. The molecule has 118 valence electrons. The molecule has 1 amide bonds. The zero-order chi connectivity index (χ0) is 15.0. The molecule has 1 rings (SSSR count). The summed E-state index contributed by atoms with van der Waals surface area (Å²) in [6.07, 6.45) is 4.85. The Bertz CT molecular complexity index is 276. The van der Waals surface area contributed by atoms with Gasteiger partial charge >= 0.3 is 0 Å². The minimum atomic E-state index is 0.0652. The van der Waals surface area contributed by atoms with Gasteiger partial charge in [-0.25, -0.2) is 0 Å². The highest BCUT2D eigenvalue weighted by Crippen LogP contribution is 2.18. The summed E-state index contributed by atoms with van der Waals surface area (Å²) in [4.78, 5) is 14.3. The zero-order valence-corrected chi connectivity index (χ0v) is 12.9. The first-order valence-electron chi connectivity index (χ1n) is 7.81. The van der Waals surface area contributed by atoms with E-state index < -0.39 is 0 Å². The first-order valence-corrected chi connectivity index (χ1v) is 7.81. The van der Waals surface area contributed by atoms with Crippen LogP contribution in [0.1, 0.15) is 46.0 Å². The molecule has 1 heterocycles. The van der Waals surface area contributed by atoms with Crippen LogP contribution in [-0.2, 0) is 9.53 Å². The lowest BCUT2D eigenvalue weighted by molar-refractivity contribution is -0.138. The molecule has 5 nitrogen and oxygen atoms in total. The van der Waals surface area contributed by atoms with Gasteiger partial charge in [0.05, 0.1) is 19.3 Å². The summed E-state index contributed by atoms with van der Waals surface area (Å²) in [7, 11) is 0. The number of aliphatic hydroxyl groups is 1. The van der Waals surface area contributed by atoms with Crippen LogP contribution < -0.4 is 5.73 Å². The third kappa shape index (κ3) is 6.20. The summed E-state index contributed by atoms with van der Waals surface area (Å²) in [6.45, 7) is 6.02. The molecule has 20 heavy (non-hydrogen) atoms. The van der Waals surface area contributed by atoms with Crippen molar-refractivity contribution in [1.29, 1.82) is 0 Å². The number of nitrogens with two attached hydrogens (primary N) is 1. The highest BCUT2D eigenvalue weighted by atomic mass is 16.5. The van der Waals surface area contributed by atoms with Crippen LogP contribution in [0.4, 0.5) is 0 Å². The van der Waals surface area contributed by atoms with E-state index in [1.807, 2.05) is 18.7 Å². The lowest BCUT2D eigenvalue weighted by Gasteiger charge is -2.33. The molecule has 1 fully saturated rings. The number of nitrogens with zero attached hydrogens (tertiary/aromatic N) is 1. The Kier molecular flexibility index (Phi) is 8.11. The minimum absolute atomic E-state index is 0.0652. The van der Waals surface area contributed by atoms with E-state index in [2.05, 4.69) is 0 Å². The predicted molar refractivity (Wildman–Crippen MR) is 79.3 cm³/mol. The third-order valence-corrected chi connectivity index (χ3v) is 3.92. The van der Waals surface area contributed by atoms with Gasteiger partial charge in [-0.3, -0.25) is 4.79 Å². The van der Waals surface area contributed by atoms with E-state index in [0.717, 1.165) is 45.2 Å². The number of hydrogen-bond donors (Lipinski definition) is 2. The summed E-state index contributed by atoms with van der Waals surface area (Å²) >= 11 is 0. The number of rotatable bonds is 8. The fourth-order valence-electron chi connectivity index (χ4n) is 2.64. The van der Waals surface area contributed by atoms with Crippen LogP contribution in [0.2, 0.25) is 0 Å². The van der Waals surface area contributed by atoms with Gasteiger partial charge in [0.25, 0.3) is 0 Å². The van der Waals surface area contributed by atoms with Crippen LogP contribution in [0.3, 0.4) is 0 Å².